The summed E-state index contributed by atoms with van der Waals surface area (Å²) in [7, 11) is 0. The van der Waals surface area contributed by atoms with Crippen LogP contribution in [0.1, 0.15) is 11.1 Å². The summed E-state index contributed by atoms with van der Waals surface area (Å²) in [5, 5.41) is 4.31. The third kappa shape index (κ3) is 3.72. The van der Waals surface area contributed by atoms with E-state index in [1.807, 2.05) is 30.3 Å². The molecule has 2 heterocycles. The Hall–Kier alpha value is -2.70. The highest BCUT2D eigenvalue weighted by molar-refractivity contribution is 8.18. The van der Waals surface area contributed by atoms with E-state index in [0.717, 1.165) is 16.5 Å². The van der Waals surface area contributed by atoms with E-state index in [-0.39, 0.29) is 10.9 Å². The molecule has 27 heavy (non-hydrogen) atoms. The summed E-state index contributed by atoms with van der Waals surface area (Å²) in [6, 6.07) is 12.4. The smallest absolute Gasteiger partial charge is 0.264 e. The number of pyridine rings is 1. The number of amidine groups is 1. The Kier molecular flexibility index (Phi) is 4.68. The van der Waals surface area contributed by atoms with Gasteiger partial charge in [-0.3, -0.25) is 9.78 Å². The second-order valence-electron chi connectivity index (χ2n) is 5.99. The maximum atomic E-state index is 13.5. The van der Waals surface area contributed by atoms with Crippen LogP contribution in [0.4, 0.5) is 10.1 Å². The molecule has 1 amide bonds. The zero-order valence-electron chi connectivity index (χ0n) is 14.2. The van der Waals surface area contributed by atoms with E-state index in [4.69, 9.17) is 11.6 Å². The number of carbonyl (C=O) groups is 1. The molecule has 2 aromatic carbocycles. The molecular formula is C20H13ClFN3OS. The minimum atomic E-state index is -0.390. The third-order valence-corrected chi connectivity index (χ3v) is 5.24. The standard InChI is InChI=1S/C20H13ClFN3OS/c1-11-7-17(14(21)10-15(11)22)24-20-25-19(26)18(27-20)9-12-4-5-16-13(8-12)3-2-6-23-16/h2-10H,1H3,(H,24,25,26)/b18-9-. The van der Waals surface area contributed by atoms with Gasteiger partial charge in [0.25, 0.3) is 5.91 Å². The average molecular weight is 398 g/mol. The highest BCUT2D eigenvalue weighted by Crippen LogP contribution is 2.32. The Morgan fingerprint density at radius 1 is 1.26 bits per heavy atom. The second kappa shape index (κ2) is 7.13. The number of nitrogens with zero attached hydrogens (tertiary/aromatic N) is 2. The van der Waals surface area contributed by atoms with Crippen LogP contribution in [0, 0.1) is 12.7 Å². The first-order chi connectivity index (χ1) is 13.0. The second-order valence-corrected chi connectivity index (χ2v) is 7.43. The van der Waals surface area contributed by atoms with Gasteiger partial charge in [-0.05, 0) is 66.2 Å². The zero-order chi connectivity index (χ0) is 19.0. The number of thioether (sulfide) groups is 1. The van der Waals surface area contributed by atoms with Crippen LogP contribution >= 0.6 is 23.4 Å². The lowest BCUT2D eigenvalue weighted by atomic mass is 10.1. The molecule has 0 spiro atoms. The van der Waals surface area contributed by atoms with Gasteiger partial charge in [-0.2, -0.15) is 0 Å². The molecule has 1 aliphatic heterocycles. The van der Waals surface area contributed by atoms with Gasteiger partial charge in [0.2, 0.25) is 0 Å². The van der Waals surface area contributed by atoms with Gasteiger partial charge in [-0.25, -0.2) is 9.38 Å². The molecule has 0 saturated carbocycles. The summed E-state index contributed by atoms with van der Waals surface area (Å²) in [6.07, 6.45) is 3.54. The average Bonchev–Trinajstić information content (AvgIpc) is 2.98. The van der Waals surface area contributed by atoms with Gasteiger partial charge in [0.05, 0.1) is 21.1 Å². The maximum absolute atomic E-state index is 13.5. The van der Waals surface area contributed by atoms with Crippen LogP contribution in [0.2, 0.25) is 5.02 Å². The number of aliphatic imine (C=N–C) groups is 1. The highest BCUT2D eigenvalue weighted by atomic mass is 35.5. The third-order valence-electron chi connectivity index (χ3n) is 4.03. The van der Waals surface area contributed by atoms with E-state index in [1.54, 1.807) is 25.3 Å². The SMILES string of the molecule is Cc1cc(/N=C2\NC(=O)/C(=C/c3ccc4ncccc4c3)S2)c(Cl)cc1F. The number of amides is 1. The largest absolute Gasteiger partial charge is 0.300 e. The minimum Gasteiger partial charge on any atom is -0.300 e. The number of nitrogens with one attached hydrogen (secondary N) is 1. The van der Waals surface area contributed by atoms with E-state index in [9.17, 15) is 9.18 Å². The van der Waals surface area contributed by atoms with Crippen molar-refractivity contribution in [3.8, 4) is 0 Å². The first-order valence-electron chi connectivity index (χ1n) is 8.09. The molecule has 4 rings (SSSR count). The Balaban J connectivity index is 1.63. The van der Waals surface area contributed by atoms with Gasteiger partial charge in [-0.1, -0.05) is 23.7 Å². The number of halogens is 2. The first-order valence-corrected chi connectivity index (χ1v) is 9.29. The Morgan fingerprint density at radius 3 is 2.96 bits per heavy atom. The minimum absolute atomic E-state index is 0.194. The van der Waals surface area contributed by atoms with Crippen molar-refractivity contribution in [3.63, 3.8) is 0 Å². The van der Waals surface area contributed by atoms with Crippen molar-refractivity contribution in [2.75, 3.05) is 0 Å². The fourth-order valence-electron chi connectivity index (χ4n) is 2.65. The summed E-state index contributed by atoms with van der Waals surface area (Å²) in [6.45, 7) is 1.63. The van der Waals surface area contributed by atoms with Crippen molar-refractivity contribution in [2.45, 2.75) is 6.92 Å². The van der Waals surface area contributed by atoms with Crippen molar-refractivity contribution >= 4 is 57.1 Å². The molecule has 0 unspecified atom stereocenters. The Bertz CT molecular complexity index is 1140. The van der Waals surface area contributed by atoms with E-state index in [2.05, 4.69) is 15.3 Å². The van der Waals surface area contributed by atoms with Gasteiger partial charge in [0.1, 0.15) is 5.82 Å². The summed E-state index contributed by atoms with van der Waals surface area (Å²) in [4.78, 5) is 21.4. The molecule has 0 atom stereocenters. The van der Waals surface area contributed by atoms with Crippen LogP contribution in [0.25, 0.3) is 17.0 Å². The van der Waals surface area contributed by atoms with Crippen LogP contribution in [-0.2, 0) is 4.79 Å². The van der Waals surface area contributed by atoms with E-state index >= 15 is 0 Å². The summed E-state index contributed by atoms with van der Waals surface area (Å²) in [5.41, 5.74) is 2.64. The van der Waals surface area contributed by atoms with Gasteiger partial charge < -0.3 is 5.32 Å². The zero-order valence-corrected chi connectivity index (χ0v) is 15.7. The van der Waals surface area contributed by atoms with E-state index < -0.39 is 5.82 Å². The summed E-state index contributed by atoms with van der Waals surface area (Å²) >= 11 is 7.26. The maximum Gasteiger partial charge on any atom is 0.264 e. The van der Waals surface area contributed by atoms with E-state index in [0.29, 0.717) is 21.3 Å². The molecule has 0 radical (unpaired) electrons. The molecule has 0 aliphatic carbocycles. The number of rotatable bonds is 2. The number of aryl methyl sites for hydroxylation is 1. The first kappa shape index (κ1) is 17.7. The molecule has 0 bridgehead atoms. The molecule has 1 aliphatic rings. The molecular weight excluding hydrogens is 385 g/mol. The lowest BCUT2D eigenvalue weighted by Gasteiger charge is -2.02. The fraction of sp³-hybridized carbons (Fsp3) is 0.0500. The van der Waals surface area contributed by atoms with Crippen LogP contribution in [0.5, 0.6) is 0 Å². The van der Waals surface area contributed by atoms with Crippen LogP contribution < -0.4 is 5.32 Å². The molecule has 3 aromatic rings. The Labute approximate surface area is 164 Å². The monoisotopic (exact) mass is 397 g/mol. The van der Waals surface area contributed by atoms with Gasteiger partial charge in [0, 0.05) is 11.6 Å². The van der Waals surface area contributed by atoms with Crippen molar-refractivity contribution < 1.29 is 9.18 Å². The highest BCUT2D eigenvalue weighted by Gasteiger charge is 2.24. The predicted octanol–water partition coefficient (Wildman–Crippen LogP) is 5.23. The van der Waals surface area contributed by atoms with Gasteiger partial charge >= 0.3 is 0 Å². The lowest BCUT2D eigenvalue weighted by molar-refractivity contribution is -0.115. The molecule has 4 nitrogen and oxygen atoms in total. The fourth-order valence-corrected chi connectivity index (χ4v) is 3.68. The van der Waals surface area contributed by atoms with Gasteiger partial charge in [0.15, 0.2) is 5.17 Å². The number of aromatic nitrogens is 1. The van der Waals surface area contributed by atoms with Crippen LogP contribution in [0.3, 0.4) is 0 Å². The van der Waals surface area contributed by atoms with Crippen LogP contribution in [-0.4, -0.2) is 16.1 Å². The van der Waals surface area contributed by atoms with E-state index in [1.165, 1.54) is 17.8 Å². The quantitative estimate of drug-likeness (QED) is 0.602. The lowest BCUT2D eigenvalue weighted by Crippen LogP contribution is -2.19. The Morgan fingerprint density at radius 2 is 2.11 bits per heavy atom. The van der Waals surface area contributed by atoms with Crippen LogP contribution in [0.15, 0.2) is 58.6 Å². The topological polar surface area (TPSA) is 54.4 Å². The summed E-state index contributed by atoms with van der Waals surface area (Å²) in [5.74, 6) is -0.626. The molecule has 7 heteroatoms. The number of hydrogen-bond donors (Lipinski definition) is 1. The number of carbonyl (C=O) groups excluding carboxylic acids is 1. The van der Waals surface area contributed by atoms with Crippen molar-refractivity contribution in [1.29, 1.82) is 0 Å². The number of benzene rings is 2. The molecule has 1 N–H and O–H groups in total. The number of fused-ring (bicyclic) bond motifs is 1. The number of hydrogen-bond acceptors (Lipinski definition) is 4. The predicted molar refractivity (Wildman–Crippen MR) is 109 cm³/mol. The molecule has 1 aromatic heterocycles. The molecule has 1 fully saturated rings. The van der Waals surface area contributed by atoms with Crippen molar-refractivity contribution in [1.82, 2.24) is 10.3 Å². The molecule has 134 valence electrons. The summed E-state index contributed by atoms with van der Waals surface area (Å²) < 4.78 is 13.5. The van der Waals surface area contributed by atoms with Crippen molar-refractivity contribution in [3.05, 3.63) is 75.5 Å². The molecule has 1 saturated heterocycles. The normalized spacial score (nSPS) is 17.1. The van der Waals surface area contributed by atoms with Gasteiger partial charge in [-0.15, -0.1) is 0 Å². The van der Waals surface area contributed by atoms with Crippen molar-refractivity contribution in [2.24, 2.45) is 4.99 Å².